The molecule has 0 aromatic heterocycles. The van der Waals surface area contributed by atoms with Crippen molar-refractivity contribution in [3.8, 4) is 0 Å². The van der Waals surface area contributed by atoms with Crippen LogP contribution in [0.4, 0.5) is 0 Å². The summed E-state index contributed by atoms with van der Waals surface area (Å²) in [6.45, 7) is 3.99. The van der Waals surface area contributed by atoms with Gasteiger partial charge < -0.3 is 21.5 Å². The van der Waals surface area contributed by atoms with Gasteiger partial charge in [-0.25, -0.2) is 0 Å². The van der Waals surface area contributed by atoms with Crippen molar-refractivity contribution in [2.45, 2.75) is 33.1 Å². The summed E-state index contributed by atoms with van der Waals surface area (Å²) < 4.78 is 0. The normalized spacial score (nSPS) is 10.9. The summed E-state index contributed by atoms with van der Waals surface area (Å²) in [5, 5.41) is 13.0. The quantitative estimate of drug-likeness (QED) is 0.449. The number of carbonyl (C=O) groups excluding carboxylic acids is 2. The number of aliphatic carboxylic acids is 1. The number of carboxylic acids is 1. The first-order valence-electron chi connectivity index (χ1n) is 6.22. The van der Waals surface area contributed by atoms with E-state index in [9.17, 15) is 14.4 Å². The van der Waals surface area contributed by atoms with Crippen molar-refractivity contribution >= 4 is 17.8 Å². The van der Waals surface area contributed by atoms with Gasteiger partial charge in [-0.15, -0.1) is 0 Å². The van der Waals surface area contributed by atoms with Gasteiger partial charge in [0.05, 0.1) is 6.54 Å². The Kier molecular flexibility index (Phi) is 7.74. The average Bonchev–Trinajstić information content (AvgIpc) is 2.31. The highest BCUT2D eigenvalue weighted by molar-refractivity contribution is 5.86. The summed E-state index contributed by atoms with van der Waals surface area (Å²) >= 11 is 0. The highest BCUT2D eigenvalue weighted by Crippen LogP contribution is 2.25. The van der Waals surface area contributed by atoms with Crippen LogP contribution >= 0.6 is 0 Å². The molecule has 2 amide bonds. The number of carboxylic acid groups (broad SMARTS) is 1. The largest absolute Gasteiger partial charge is 0.480 e. The van der Waals surface area contributed by atoms with Gasteiger partial charge in [-0.05, 0) is 24.8 Å². The molecule has 7 heteroatoms. The van der Waals surface area contributed by atoms with Gasteiger partial charge in [0, 0.05) is 6.42 Å². The molecule has 0 saturated carbocycles. The molecular weight excluding hydrogens is 250 g/mol. The SMILES string of the molecule is CC(C)(CCN)CCC(=O)NCC(=O)NCC(=O)O. The molecule has 0 spiro atoms. The molecule has 0 aliphatic rings. The minimum atomic E-state index is -1.12. The number of nitrogens with one attached hydrogen (secondary N) is 2. The molecule has 0 heterocycles. The summed E-state index contributed by atoms with van der Waals surface area (Å²) in [5.41, 5.74) is 5.47. The van der Waals surface area contributed by atoms with Gasteiger partial charge in [-0.2, -0.15) is 0 Å². The first-order valence-corrected chi connectivity index (χ1v) is 6.22. The fourth-order valence-corrected chi connectivity index (χ4v) is 1.47. The van der Waals surface area contributed by atoms with Crippen LogP contribution in [-0.2, 0) is 14.4 Å². The number of hydrogen-bond acceptors (Lipinski definition) is 4. The van der Waals surface area contributed by atoms with Crippen molar-refractivity contribution in [2.75, 3.05) is 19.6 Å². The monoisotopic (exact) mass is 273 g/mol. The van der Waals surface area contributed by atoms with Gasteiger partial charge >= 0.3 is 5.97 Å². The van der Waals surface area contributed by atoms with Crippen molar-refractivity contribution in [3.63, 3.8) is 0 Å². The first-order chi connectivity index (χ1) is 8.76. The third-order valence-electron chi connectivity index (χ3n) is 2.73. The molecule has 5 N–H and O–H groups in total. The zero-order valence-electron chi connectivity index (χ0n) is 11.5. The van der Waals surface area contributed by atoms with Crippen LogP contribution in [0.5, 0.6) is 0 Å². The maximum absolute atomic E-state index is 11.5. The van der Waals surface area contributed by atoms with Gasteiger partial charge in [0.15, 0.2) is 0 Å². The molecule has 0 bridgehead atoms. The second-order valence-corrected chi connectivity index (χ2v) is 5.15. The number of hydrogen-bond donors (Lipinski definition) is 4. The predicted octanol–water partition coefficient (Wildman–Crippen LogP) is -0.541. The molecule has 0 aromatic rings. The second-order valence-electron chi connectivity index (χ2n) is 5.15. The molecule has 110 valence electrons. The fourth-order valence-electron chi connectivity index (χ4n) is 1.47. The Hall–Kier alpha value is -1.63. The molecule has 0 aromatic carbocycles. The van der Waals surface area contributed by atoms with Gasteiger partial charge in [0.25, 0.3) is 0 Å². The summed E-state index contributed by atoms with van der Waals surface area (Å²) in [4.78, 5) is 32.9. The van der Waals surface area contributed by atoms with Crippen molar-refractivity contribution < 1.29 is 19.5 Å². The van der Waals surface area contributed by atoms with E-state index < -0.39 is 18.4 Å². The molecule has 0 rings (SSSR count). The van der Waals surface area contributed by atoms with Crippen LogP contribution in [0.1, 0.15) is 33.1 Å². The molecule has 0 aliphatic carbocycles. The zero-order chi connectivity index (χ0) is 14.9. The third-order valence-corrected chi connectivity index (χ3v) is 2.73. The summed E-state index contributed by atoms with van der Waals surface area (Å²) in [7, 11) is 0. The van der Waals surface area contributed by atoms with E-state index >= 15 is 0 Å². The number of rotatable bonds is 9. The molecule has 0 aliphatic heterocycles. The molecule has 0 fully saturated rings. The van der Waals surface area contributed by atoms with Crippen molar-refractivity contribution in [2.24, 2.45) is 11.1 Å². The van der Waals surface area contributed by atoms with Gasteiger partial charge in [-0.3, -0.25) is 14.4 Å². The Morgan fingerprint density at radius 2 is 1.63 bits per heavy atom. The van der Waals surface area contributed by atoms with Crippen molar-refractivity contribution in [1.29, 1.82) is 0 Å². The maximum atomic E-state index is 11.5. The van der Waals surface area contributed by atoms with Crippen LogP contribution < -0.4 is 16.4 Å². The Morgan fingerprint density at radius 3 is 2.16 bits per heavy atom. The zero-order valence-corrected chi connectivity index (χ0v) is 11.5. The Bertz CT molecular complexity index is 329. The average molecular weight is 273 g/mol. The molecular formula is C12H23N3O4. The van der Waals surface area contributed by atoms with Crippen LogP contribution in [0.25, 0.3) is 0 Å². The van der Waals surface area contributed by atoms with Crippen LogP contribution in [0.15, 0.2) is 0 Å². The Labute approximate surface area is 112 Å². The molecule has 0 unspecified atom stereocenters. The van der Waals surface area contributed by atoms with E-state index in [4.69, 9.17) is 10.8 Å². The van der Waals surface area contributed by atoms with E-state index in [1.165, 1.54) is 0 Å². The minimum Gasteiger partial charge on any atom is -0.480 e. The smallest absolute Gasteiger partial charge is 0.322 e. The summed E-state index contributed by atoms with van der Waals surface area (Å²) in [6, 6.07) is 0. The Balaban J connectivity index is 3.81. The molecule has 19 heavy (non-hydrogen) atoms. The minimum absolute atomic E-state index is 0.00233. The summed E-state index contributed by atoms with van der Waals surface area (Å²) in [5.74, 6) is -1.87. The highest BCUT2D eigenvalue weighted by atomic mass is 16.4. The van der Waals surface area contributed by atoms with Gasteiger partial charge in [0.1, 0.15) is 6.54 Å². The number of nitrogens with two attached hydrogens (primary N) is 1. The third kappa shape index (κ3) is 10.0. The molecule has 0 atom stereocenters. The van der Waals surface area contributed by atoms with Crippen LogP contribution in [0.3, 0.4) is 0 Å². The van der Waals surface area contributed by atoms with Crippen LogP contribution in [-0.4, -0.2) is 42.5 Å². The lowest BCUT2D eigenvalue weighted by Crippen LogP contribution is -2.39. The van der Waals surface area contributed by atoms with E-state index in [1.807, 2.05) is 13.8 Å². The fraction of sp³-hybridized carbons (Fsp3) is 0.750. The lowest BCUT2D eigenvalue weighted by molar-refractivity contribution is -0.137. The van der Waals surface area contributed by atoms with E-state index in [1.54, 1.807) is 0 Å². The number of amides is 2. The molecule has 7 nitrogen and oxygen atoms in total. The maximum Gasteiger partial charge on any atom is 0.322 e. The van der Waals surface area contributed by atoms with E-state index in [0.717, 1.165) is 6.42 Å². The predicted molar refractivity (Wildman–Crippen MR) is 70.3 cm³/mol. The molecule has 0 saturated heterocycles. The Morgan fingerprint density at radius 1 is 1.05 bits per heavy atom. The first kappa shape index (κ1) is 17.4. The number of carbonyl (C=O) groups is 3. The van der Waals surface area contributed by atoms with Crippen molar-refractivity contribution in [1.82, 2.24) is 10.6 Å². The highest BCUT2D eigenvalue weighted by Gasteiger charge is 2.18. The van der Waals surface area contributed by atoms with E-state index in [-0.39, 0.29) is 17.9 Å². The van der Waals surface area contributed by atoms with Gasteiger partial charge in [0.2, 0.25) is 11.8 Å². The standard InChI is InChI=1S/C12H23N3O4/c1-12(2,5-6-13)4-3-9(16)14-7-10(17)15-8-11(18)19/h3-8,13H2,1-2H3,(H,14,16)(H,15,17)(H,18,19). The lowest BCUT2D eigenvalue weighted by Gasteiger charge is -2.23. The summed E-state index contributed by atoms with van der Waals surface area (Å²) in [6.07, 6.45) is 1.84. The van der Waals surface area contributed by atoms with E-state index in [2.05, 4.69) is 10.6 Å². The topological polar surface area (TPSA) is 122 Å². The van der Waals surface area contributed by atoms with Crippen molar-refractivity contribution in [3.05, 3.63) is 0 Å². The van der Waals surface area contributed by atoms with Crippen LogP contribution in [0.2, 0.25) is 0 Å². The van der Waals surface area contributed by atoms with Gasteiger partial charge in [-0.1, -0.05) is 13.8 Å². The van der Waals surface area contributed by atoms with Crippen LogP contribution in [0, 0.1) is 5.41 Å². The second kappa shape index (κ2) is 8.47. The lowest BCUT2D eigenvalue weighted by atomic mass is 9.84. The van der Waals surface area contributed by atoms with E-state index in [0.29, 0.717) is 19.4 Å². The molecule has 0 radical (unpaired) electrons.